The molecule has 1 fully saturated rings. The summed E-state index contributed by atoms with van der Waals surface area (Å²) in [4.78, 5) is 2.28. The normalized spacial score (nSPS) is 31.4. The highest BCUT2D eigenvalue weighted by Crippen LogP contribution is 2.12. The molecule has 12 heavy (non-hydrogen) atoms. The third-order valence-electron chi connectivity index (χ3n) is 2.17. The van der Waals surface area contributed by atoms with Gasteiger partial charge in [0.2, 0.25) is 0 Å². The van der Waals surface area contributed by atoms with Crippen LogP contribution in [0.25, 0.3) is 0 Å². The van der Waals surface area contributed by atoms with Crippen LogP contribution in [0, 0.1) is 12.3 Å². The summed E-state index contributed by atoms with van der Waals surface area (Å²) in [5.74, 6) is 2.67. The molecule has 2 nitrogen and oxygen atoms in total. The average molecular weight is 167 g/mol. The van der Waals surface area contributed by atoms with Crippen molar-refractivity contribution in [3.05, 3.63) is 0 Å². The largest absolute Gasteiger partial charge is 0.373 e. The first-order valence-corrected chi connectivity index (χ1v) is 4.57. The van der Waals surface area contributed by atoms with Crippen molar-refractivity contribution in [2.75, 3.05) is 19.6 Å². The molecule has 2 heteroatoms. The van der Waals surface area contributed by atoms with E-state index < -0.39 is 0 Å². The molecule has 1 heterocycles. The van der Waals surface area contributed by atoms with Gasteiger partial charge in [0.05, 0.1) is 18.8 Å². The molecular formula is C10H17NO. The molecule has 0 saturated carbocycles. The maximum Gasteiger partial charge on any atom is 0.0704 e. The first-order valence-electron chi connectivity index (χ1n) is 4.57. The van der Waals surface area contributed by atoms with Crippen molar-refractivity contribution in [1.82, 2.24) is 4.90 Å². The number of terminal acetylenes is 1. The third-order valence-corrected chi connectivity index (χ3v) is 2.17. The molecule has 68 valence electrons. The molecule has 2 unspecified atom stereocenters. The van der Waals surface area contributed by atoms with Gasteiger partial charge in [-0.05, 0) is 13.3 Å². The Kier molecular flexibility index (Phi) is 3.58. The van der Waals surface area contributed by atoms with Crippen LogP contribution in [-0.2, 0) is 4.74 Å². The highest BCUT2D eigenvalue weighted by atomic mass is 16.5. The Morgan fingerprint density at radius 1 is 1.58 bits per heavy atom. The van der Waals surface area contributed by atoms with Gasteiger partial charge in [0.15, 0.2) is 0 Å². The average Bonchev–Trinajstić information content (AvgIpc) is 2.04. The van der Waals surface area contributed by atoms with Crippen LogP contribution >= 0.6 is 0 Å². The molecule has 1 rings (SSSR count). The predicted octanol–water partition coefficient (Wildman–Crippen LogP) is 1.12. The lowest BCUT2D eigenvalue weighted by atomic mass is 10.2. The van der Waals surface area contributed by atoms with E-state index in [1.165, 1.54) is 0 Å². The maximum atomic E-state index is 5.70. The molecule has 0 aliphatic carbocycles. The second-order valence-electron chi connectivity index (χ2n) is 3.38. The quantitative estimate of drug-likeness (QED) is 0.571. The summed E-state index contributed by atoms with van der Waals surface area (Å²) in [7, 11) is 0. The molecule has 0 aromatic carbocycles. The molecule has 0 aromatic rings. The Morgan fingerprint density at radius 2 is 2.33 bits per heavy atom. The third kappa shape index (κ3) is 2.51. The molecule has 0 aromatic heterocycles. The van der Waals surface area contributed by atoms with Crippen molar-refractivity contribution in [2.24, 2.45) is 0 Å². The van der Waals surface area contributed by atoms with Crippen molar-refractivity contribution in [3.63, 3.8) is 0 Å². The number of nitrogens with zero attached hydrogens (tertiary/aromatic N) is 1. The maximum absolute atomic E-state index is 5.70. The lowest BCUT2D eigenvalue weighted by Crippen LogP contribution is -2.46. The van der Waals surface area contributed by atoms with Crippen molar-refractivity contribution >= 4 is 0 Å². The number of morpholine rings is 1. The van der Waals surface area contributed by atoms with E-state index in [0.717, 1.165) is 26.1 Å². The fraction of sp³-hybridized carbons (Fsp3) is 0.800. The fourth-order valence-corrected chi connectivity index (χ4v) is 1.62. The molecule has 1 saturated heterocycles. The van der Waals surface area contributed by atoms with Gasteiger partial charge in [-0.1, -0.05) is 12.8 Å². The summed E-state index contributed by atoms with van der Waals surface area (Å²) in [6, 6.07) is 0. The van der Waals surface area contributed by atoms with Crippen LogP contribution in [0.2, 0.25) is 0 Å². The van der Waals surface area contributed by atoms with Crippen LogP contribution in [0.4, 0.5) is 0 Å². The minimum absolute atomic E-state index is 0.331. The second kappa shape index (κ2) is 4.49. The van der Waals surface area contributed by atoms with E-state index in [4.69, 9.17) is 11.2 Å². The number of hydrogen-bond donors (Lipinski definition) is 0. The van der Waals surface area contributed by atoms with Gasteiger partial charge in [-0.3, -0.25) is 4.90 Å². The molecule has 1 aliphatic heterocycles. The number of ether oxygens (including phenoxy) is 1. The molecule has 0 spiro atoms. The molecule has 0 N–H and O–H groups in total. The Bertz CT molecular complexity index is 173. The zero-order valence-electron chi connectivity index (χ0n) is 7.92. The topological polar surface area (TPSA) is 12.5 Å². The van der Waals surface area contributed by atoms with Gasteiger partial charge in [0.25, 0.3) is 0 Å². The Balaban J connectivity index is 2.40. The zero-order valence-corrected chi connectivity index (χ0v) is 7.92. The molecule has 0 amide bonds. The van der Waals surface area contributed by atoms with Crippen LogP contribution in [0.1, 0.15) is 20.3 Å². The minimum Gasteiger partial charge on any atom is -0.373 e. The molecule has 0 bridgehead atoms. The Hall–Kier alpha value is -0.520. The first kappa shape index (κ1) is 9.57. The summed E-state index contributed by atoms with van der Waals surface area (Å²) in [6.45, 7) is 6.97. The summed E-state index contributed by atoms with van der Waals surface area (Å²) in [6.07, 6.45) is 7.04. The van der Waals surface area contributed by atoms with E-state index in [-0.39, 0.29) is 0 Å². The monoisotopic (exact) mass is 167 g/mol. The Morgan fingerprint density at radius 3 is 2.92 bits per heavy atom. The molecule has 1 aliphatic rings. The van der Waals surface area contributed by atoms with Crippen molar-refractivity contribution < 1.29 is 4.74 Å². The SMILES string of the molecule is C#CCN1CC(C)OC(CC)C1. The van der Waals surface area contributed by atoms with Crippen LogP contribution in [0.3, 0.4) is 0 Å². The van der Waals surface area contributed by atoms with E-state index in [1.807, 2.05) is 0 Å². The van der Waals surface area contributed by atoms with Gasteiger partial charge < -0.3 is 4.74 Å². The fourth-order valence-electron chi connectivity index (χ4n) is 1.62. The van der Waals surface area contributed by atoms with E-state index in [9.17, 15) is 0 Å². The van der Waals surface area contributed by atoms with Gasteiger partial charge in [-0.15, -0.1) is 6.42 Å². The van der Waals surface area contributed by atoms with Crippen LogP contribution < -0.4 is 0 Å². The van der Waals surface area contributed by atoms with Crippen molar-refractivity contribution in [2.45, 2.75) is 32.5 Å². The van der Waals surface area contributed by atoms with Crippen molar-refractivity contribution in [3.8, 4) is 12.3 Å². The molecule has 0 radical (unpaired) electrons. The van der Waals surface area contributed by atoms with Crippen LogP contribution in [0.5, 0.6) is 0 Å². The zero-order chi connectivity index (χ0) is 8.97. The summed E-state index contributed by atoms with van der Waals surface area (Å²) >= 11 is 0. The molecule has 2 atom stereocenters. The van der Waals surface area contributed by atoms with Gasteiger partial charge in [-0.2, -0.15) is 0 Å². The van der Waals surface area contributed by atoms with Gasteiger partial charge in [0.1, 0.15) is 0 Å². The number of hydrogen-bond acceptors (Lipinski definition) is 2. The Labute approximate surface area is 74.9 Å². The lowest BCUT2D eigenvalue weighted by Gasteiger charge is -2.35. The van der Waals surface area contributed by atoms with Gasteiger partial charge >= 0.3 is 0 Å². The smallest absolute Gasteiger partial charge is 0.0704 e. The first-order chi connectivity index (χ1) is 5.76. The van der Waals surface area contributed by atoms with Crippen LogP contribution in [0.15, 0.2) is 0 Å². The second-order valence-corrected chi connectivity index (χ2v) is 3.38. The predicted molar refractivity (Wildman–Crippen MR) is 49.9 cm³/mol. The van der Waals surface area contributed by atoms with E-state index >= 15 is 0 Å². The summed E-state index contributed by atoms with van der Waals surface area (Å²) in [5, 5.41) is 0. The minimum atomic E-state index is 0.331. The highest BCUT2D eigenvalue weighted by Gasteiger charge is 2.22. The van der Waals surface area contributed by atoms with E-state index in [0.29, 0.717) is 12.2 Å². The van der Waals surface area contributed by atoms with E-state index in [1.54, 1.807) is 0 Å². The lowest BCUT2D eigenvalue weighted by molar-refractivity contribution is -0.0739. The summed E-state index contributed by atoms with van der Waals surface area (Å²) in [5.41, 5.74) is 0. The van der Waals surface area contributed by atoms with Crippen molar-refractivity contribution in [1.29, 1.82) is 0 Å². The van der Waals surface area contributed by atoms with Gasteiger partial charge in [-0.25, -0.2) is 0 Å². The summed E-state index contributed by atoms with van der Waals surface area (Å²) < 4.78 is 5.70. The standard InChI is InChI=1S/C10H17NO/c1-4-6-11-7-9(3)12-10(5-2)8-11/h1,9-10H,5-8H2,2-3H3. The highest BCUT2D eigenvalue weighted by molar-refractivity contribution is 4.90. The molecular weight excluding hydrogens is 150 g/mol. The van der Waals surface area contributed by atoms with E-state index in [2.05, 4.69) is 24.7 Å². The van der Waals surface area contributed by atoms with Gasteiger partial charge in [0, 0.05) is 13.1 Å². The van der Waals surface area contributed by atoms with Crippen LogP contribution in [-0.4, -0.2) is 36.7 Å². The number of rotatable bonds is 2.